The van der Waals surface area contributed by atoms with Crippen LogP contribution in [0.5, 0.6) is 0 Å². The second-order valence-electron chi connectivity index (χ2n) is 13.4. The first-order chi connectivity index (χ1) is 24.9. The van der Waals surface area contributed by atoms with Crippen LogP contribution in [0.2, 0.25) is 0 Å². The fourth-order valence-electron chi connectivity index (χ4n) is 6.57. The molecule has 0 aliphatic carbocycles. The van der Waals surface area contributed by atoms with Crippen molar-refractivity contribution in [3.05, 3.63) is 90.1 Å². The van der Waals surface area contributed by atoms with Gasteiger partial charge in [-0.05, 0) is 94.1 Å². The predicted molar refractivity (Wildman–Crippen MR) is 204 cm³/mol. The molecular weight excluding hydrogens is 642 g/mol. The zero-order valence-electron chi connectivity index (χ0n) is 29.9. The Bertz CT molecular complexity index is 1820. The number of rotatable bonds is 11. The number of piperidine rings is 1. The number of anilines is 4. The number of nitrogens with two attached hydrogens (primary N) is 1. The van der Waals surface area contributed by atoms with Gasteiger partial charge in [-0.25, -0.2) is 9.97 Å². The molecule has 12 nitrogen and oxygen atoms in total. The number of carbonyl (C=O) groups excluding carboxylic acids is 1. The molecule has 1 amide bonds. The van der Waals surface area contributed by atoms with Crippen LogP contribution in [0.3, 0.4) is 0 Å². The summed E-state index contributed by atoms with van der Waals surface area (Å²) in [6.45, 7) is 7.85. The van der Waals surface area contributed by atoms with Gasteiger partial charge >= 0.3 is 0 Å². The third-order valence-electron chi connectivity index (χ3n) is 9.48. The lowest BCUT2D eigenvalue weighted by Gasteiger charge is -2.31. The molecule has 268 valence electrons. The van der Waals surface area contributed by atoms with Crippen LogP contribution in [0.1, 0.15) is 30.0 Å². The maximum Gasteiger partial charge on any atom is 0.227 e. The van der Waals surface area contributed by atoms with E-state index in [1.54, 1.807) is 0 Å². The molecule has 0 saturated carbocycles. The van der Waals surface area contributed by atoms with Gasteiger partial charge in [0.2, 0.25) is 12.0 Å². The van der Waals surface area contributed by atoms with Gasteiger partial charge in [0.25, 0.3) is 0 Å². The van der Waals surface area contributed by atoms with E-state index < -0.39 is 0 Å². The van der Waals surface area contributed by atoms with Crippen molar-refractivity contribution in [3.63, 3.8) is 0 Å². The summed E-state index contributed by atoms with van der Waals surface area (Å²) in [5, 5.41) is 8.18. The summed E-state index contributed by atoms with van der Waals surface area (Å²) >= 11 is 0. The van der Waals surface area contributed by atoms with Crippen molar-refractivity contribution in [1.82, 2.24) is 24.9 Å². The van der Waals surface area contributed by atoms with Gasteiger partial charge in [0.15, 0.2) is 11.6 Å². The average Bonchev–Trinajstić information content (AvgIpc) is 3.60. The summed E-state index contributed by atoms with van der Waals surface area (Å²) in [5.74, 6) is 1.78. The summed E-state index contributed by atoms with van der Waals surface area (Å²) in [7, 11) is 6.33. The highest BCUT2D eigenvalue weighted by Crippen LogP contribution is 2.37. The van der Waals surface area contributed by atoms with Crippen LogP contribution in [0.25, 0.3) is 22.5 Å². The van der Waals surface area contributed by atoms with Crippen molar-refractivity contribution < 1.29 is 14.1 Å². The highest BCUT2D eigenvalue weighted by atomic mass is 16.5. The van der Waals surface area contributed by atoms with Crippen molar-refractivity contribution >= 4 is 40.4 Å². The number of amides is 1. The normalized spacial score (nSPS) is 15.4. The average molecular weight is 692 g/mol. The number of hydrogen-bond donors (Lipinski definition) is 2. The minimum absolute atomic E-state index is 0.250. The summed E-state index contributed by atoms with van der Waals surface area (Å²) in [6.07, 6.45) is 2.29. The second-order valence-corrected chi connectivity index (χ2v) is 13.4. The molecule has 2 aliphatic rings. The molecule has 0 unspecified atom stereocenters. The Hall–Kier alpha value is -5.04. The lowest BCUT2D eigenvalue weighted by Crippen LogP contribution is -2.37. The van der Waals surface area contributed by atoms with Gasteiger partial charge in [-0.3, -0.25) is 9.69 Å². The molecule has 2 aliphatic heterocycles. The van der Waals surface area contributed by atoms with Gasteiger partial charge in [0.1, 0.15) is 11.2 Å². The quantitative estimate of drug-likeness (QED) is 0.174. The summed E-state index contributed by atoms with van der Waals surface area (Å²) < 4.78 is 11.7. The molecule has 3 aromatic carbocycles. The third kappa shape index (κ3) is 9.20. The molecular formula is C39H49N9O3. The molecule has 0 bridgehead atoms. The Labute approximate surface area is 300 Å². The molecule has 0 radical (unpaired) electrons. The zero-order valence-corrected chi connectivity index (χ0v) is 29.9. The number of ether oxygens (including phenoxy) is 1. The Balaban J connectivity index is 0.00000144. The molecule has 2 saturated heterocycles. The molecule has 3 N–H and O–H groups in total. The standard InChI is InChI=1S/C38H46N8O2.CH3NO/c1-43(2)21-22-44(3)33-15-13-32(14-16-33)39-31-11-9-30(10-12-31)37-40-35-34(42-48-36(35)38(41-37)46-23-25-47-26-24-46)29-17-19-45(20-18-29)27-28-7-5-4-6-8-28;2-1-3/h4-16,29,39H,17-27H2,1-3H3;1H,(H2,2,3). The summed E-state index contributed by atoms with van der Waals surface area (Å²) in [4.78, 5) is 28.0. The third-order valence-corrected chi connectivity index (χ3v) is 9.48. The molecule has 5 aromatic rings. The van der Waals surface area contributed by atoms with E-state index in [2.05, 4.69) is 136 Å². The van der Waals surface area contributed by atoms with E-state index in [0.717, 1.165) is 92.6 Å². The van der Waals surface area contributed by atoms with Gasteiger partial charge in [-0.1, -0.05) is 35.5 Å². The Morgan fingerprint density at radius 2 is 1.51 bits per heavy atom. The Kier molecular flexibility index (Phi) is 12.1. The molecule has 2 aromatic heterocycles. The molecule has 7 rings (SSSR count). The number of hydrogen-bond acceptors (Lipinski definition) is 11. The minimum Gasteiger partial charge on any atom is -0.378 e. The maximum absolute atomic E-state index is 8.58. The van der Waals surface area contributed by atoms with Gasteiger partial charge in [-0.2, -0.15) is 0 Å². The van der Waals surface area contributed by atoms with Gasteiger partial charge in [0, 0.05) is 68.3 Å². The lowest BCUT2D eigenvalue weighted by atomic mass is 9.92. The van der Waals surface area contributed by atoms with Gasteiger partial charge in [0.05, 0.1) is 13.2 Å². The maximum atomic E-state index is 8.58. The largest absolute Gasteiger partial charge is 0.378 e. The number of fused-ring (bicyclic) bond motifs is 1. The van der Waals surface area contributed by atoms with E-state index in [-0.39, 0.29) is 6.41 Å². The minimum atomic E-state index is 0.250. The van der Waals surface area contributed by atoms with Crippen LogP contribution >= 0.6 is 0 Å². The molecule has 0 spiro atoms. The molecule has 4 heterocycles. The number of benzene rings is 3. The van der Waals surface area contributed by atoms with Crippen LogP contribution in [-0.2, 0) is 16.1 Å². The first-order valence-electron chi connectivity index (χ1n) is 17.7. The highest BCUT2D eigenvalue weighted by Gasteiger charge is 2.29. The van der Waals surface area contributed by atoms with Crippen LogP contribution in [0.15, 0.2) is 83.4 Å². The molecule has 12 heteroatoms. The number of likely N-dealkylation sites (tertiary alicyclic amines) is 1. The summed E-state index contributed by atoms with van der Waals surface area (Å²) in [5.41, 5.74) is 12.2. The number of likely N-dealkylation sites (N-methyl/N-ethyl adjacent to an activating group) is 2. The van der Waals surface area contributed by atoms with E-state index in [4.69, 9.17) is 24.0 Å². The number of aromatic nitrogens is 3. The molecule has 2 fully saturated rings. The first-order valence-corrected chi connectivity index (χ1v) is 17.7. The highest BCUT2D eigenvalue weighted by molar-refractivity contribution is 5.88. The van der Waals surface area contributed by atoms with E-state index in [0.29, 0.717) is 30.5 Å². The van der Waals surface area contributed by atoms with Crippen molar-refractivity contribution in [1.29, 1.82) is 0 Å². The summed E-state index contributed by atoms with van der Waals surface area (Å²) in [6, 6.07) is 27.6. The number of morpholine rings is 1. The van der Waals surface area contributed by atoms with Crippen molar-refractivity contribution in [2.24, 2.45) is 5.73 Å². The lowest BCUT2D eigenvalue weighted by molar-refractivity contribution is -0.106. The smallest absolute Gasteiger partial charge is 0.227 e. The van der Waals surface area contributed by atoms with Crippen molar-refractivity contribution in [3.8, 4) is 11.4 Å². The van der Waals surface area contributed by atoms with Gasteiger partial charge < -0.3 is 35.0 Å². The zero-order chi connectivity index (χ0) is 35.6. The monoisotopic (exact) mass is 691 g/mol. The van der Waals surface area contributed by atoms with Crippen LogP contribution in [0.4, 0.5) is 22.9 Å². The van der Waals surface area contributed by atoms with Crippen molar-refractivity contribution in [2.75, 3.05) is 88.7 Å². The van der Waals surface area contributed by atoms with Crippen molar-refractivity contribution in [2.45, 2.75) is 25.3 Å². The SMILES string of the molecule is CN(C)CCN(C)c1ccc(Nc2ccc(-c3nc(N4CCOCC4)c4onc(C5CCN(Cc6ccccc6)CC5)c4n3)cc2)cc1.NC=O. The second kappa shape index (κ2) is 17.3. The first kappa shape index (κ1) is 35.8. The van der Waals surface area contributed by atoms with E-state index in [1.165, 1.54) is 11.3 Å². The molecule has 51 heavy (non-hydrogen) atoms. The number of carbonyl (C=O) groups is 1. The fourth-order valence-corrected chi connectivity index (χ4v) is 6.57. The number of nitrogens with zero attached hydrogens (tertiary/aromatic N) is 7. The van der Waals surface area contributed by atoms with E-state index in [9.17, 15) is 0 Å². The topological polar surface area (TPSA) is 129 Å². The predicted octanol–water partition coefficient (Wildman–Crippen LogP) is 5.34. The van der Waals surface area contributed by atoms with E-state index in [1.807, 2.05) is 0 Å². The van der Waals surface area contributed by atoms with Crippen LogP contribution in [0, 0.1) is 0 Å². The van der Waals surface area contributed by atoms with Crippen LogP contribution < -0.4 is 20.9 Å². The fraction of sp³-hybridized carbons (Fsp3) is 0.385. The van der Waals surface area contributed by atoms with Gasteiger partial charge in [-0.15, -0.1) is 0 Å². The Morgan fingerprint density at radius 1 is 0.863 bits per heavy atom. The number of primary amides is 1. The van der Waals surface area contributed by atoms with Crippen LogP contribution in [-0.4, -0.2) is 105 Å². The molecule has 0 atom stereocenters. The van der Waals surface area contributed by atoms with E-state index >= 15 is 0 Å². The number of nitrogens with one attached hydrogen (secondary N) is 1. The Morgan fingerprint density at radius 3 is 2.16 bits per heavy atom.